The van der Waals surface area contributed by atoms with Crippen LogP contribution in [-0.2, 0) is 0 Å². The lowest BCUT2D eigenvalue weighted by atomic mass is 10.2. The summed E-state index contributed by atoms with van der Waals surface area (Å²) in [5.74, 6) is -18.1. The summed E-state index contributed by atoms with van der Waals surface area (Å²) >= 11 is 0. The minimum absolute atomic E-state index is 0.317. The fourth-order valence-corrected chi connectivity index (χ4v) is 4.90. The van der Waals surface area contributed by atoms with E-state index in [1.807, 2.05) is 0 Å². The Bertz CT molecular complexity index is 2420. The van der Waals surface area contributed by atoms with Gasteiger partial charge in [0.1, 0.15) is 28.7 Å². The average molecular weight is 779 g/mol. The standard InChI is InChI=1S/C36H26O20/c37-12-1-20(41)32(21(42)2-12)53-14-5-22(43)34(23(44)6-14)54-15-7-26(47)35(27(48)8-15)56-28-11-19(40)30(50)31(51)36(28)55-16-9-24(45)33(25(46)10-16)52-13-3-17(38)29(49)18(39)4-13/h1-11,37-51H. The van der Waals surface area contributed by atoms with Crippen molar-refractivity contribution < 1.29 is 100 Å². The summed E-state index contributed by atoms with van der Waals surface area (Å²) in [7, 11) is 0. The molecule has 0 radical (unpaired) electrons. The number of phenols is 15. The molecule has 6 aromatic carbocycles. The van der Waals surface area contributed by atoms with Crippen molar-refractivity contribution in [2.75, 3.05) is 0 Å². The van der Waals surface area contributed by atoms with E-state index in [4.69, 9.17) is 23.7 Å². The molecule has 20 nitrogen and oxygen atoms in total. The molecule has 0 saturated carbocycles. The largest absolute Gasteiger partial charge is 0.508 e. The highest BCUT2D eigenvalue weighted by molar-refractivity contribution is 5.68. The predicted molar refractivity (Wildman–Crippen MR) is 184 cm³/mol. The van der Waals surface area contributed by atoms with Crippen molar-refractivity contribution in [1.82, 2.24) is 0 Å². The Balaban J connectivity index is 1.25. The van der Waals surface area contributed by atoms with Gasteiger partial charge in [-0.25, -0.2) is 0 Å². The lowest BCUT2D eigenvalue weighted by Crippen LogP contribution is -1.94. The number of rotatable bonds is 10. The highest BCUT2D eigenvalue weighted by Crippen LogP contribution is 2.55. The molecular weight excluding hydrogens is 752 g/mol. The zero-order valence-electron chi connectivity index (χ0n) is 27.6. The lowest BCUT2D eigenvalue weighted by molar-refractivity contribution is 0.323. The summed E-state index contributed by atoms with van der Waals surface area (Å²) in [4.78, 5) is 0. The van der Waals surface area contributed by atoms with Crippen LogP contribution in [0.15, 0.2) is 66.7 Å². The van der Waals surface area contributed by atoms with Gasteiger partial charge in [0.2, 0.25) is 46.0 Å². The molecule has 0 amide bonds. The van der Waals surface area contributed by atoms with E-state index in [1.54, 1.807) is 0 Å². The molecule has 20 heteroatoms. The van der Waals surface area contributed by atoms with Gasteiger partial charge in [0, 0.05) is 66.7 Å². The highest BCUT2D eigenvalue weighted by atomic mass is 16.5. The highest BCUT2D eigenvalue weighted by Gasteiger charge is 2.26. The Morgan fingerprint density at radius 2 is 0.500 bits per heavy atom. The molecule has 56 heavy (non-hydrogen) atoms. The summed E-state index contributed by atoms with van der Waals surface area (Å²) in [6.45, 7) is 0. The lowest BCUT2D eigenvalue weighted by Gasteiger charge is -2.18. The first-order valence-electron chi connectivity index (χ1n) is 15.2. The van der Waals surface area contributed by atoms with E-state index in [-0.39, 0.29) is 11.5 Å². The van der Waals surface area contributed by atoms with Crippen LogP contribution in [0.1, 0.15) is 0 Å². The molecule has 0 fully saturated rings. The van der Waals surface area contributed by atoms with E-state index >= 15 is 0 Å². The number of aromatic hydroxyl groups is 15. The quantitative estimate of drug-likeness (QED) is 0.0685. The number of ether oxygens (including phenoxy) is 5. The van der Waals surface area contributed by atoms with Crippen LogP contribution in [0, 0.1) is 0 Å². The van der Waals surface area contributed by atoms with Crippen LogP contribution >= 0.6 is 0 Å². The van der Waals surface area contributed by atoms with E-state index in [9.17, 15) is 76.6 Å². The maximum absolute atomic E-state index is 10.8. The number of benzene rings is 6. The second-order valence-electron chi connectivity index (χ2n) is 11.4. The molecule has 0 heterocycles. The van der Waals surface area contributed by atoms with Crippen LogP contribution in [0.4, 0.5) is 0 Å². The van der Waals surface area contributed by atoms with Crippen molar-refractivity contribution >= 4 is 0 Å². The molecule has 15 N–H and O–H groups in total. The van der Waals surface area contributed by atoms with Gasteiger partial charge >= 0.3 is 0 Å². The number of hydrogen-bond acceptors (Lipinski definition) is 20. The maximum Gasteiger partial charge on any atom is 0.215 e. The predicted octanol–water partition coefficient (Wildman–Crippen LogP) is 6.23. The Labute approximate surface area is 310 Å². The van der Waals surface area contributed by atoms with Crippen LogP contribution in [0.2, 0.25) is 0 Å². The van der Waals surface area contributed by atoms with E-state index in [2.05, 4.69) is 0 Å². The van der Waals surface area contributed by atoms with Gasteiger partial charge in [0.25, 0.3) is 0 Å². The van der Waals surface area contributed by atoms with Gasteiger partial charge in [0.15, 0.2) is 69.0 Å². The molecule has 0 aromatic heterocycles. The van der Waals surface area contributed by atoms with Crippen LogP contribution in [0.5, 0.6) is 144 Å². The van der Waals surface area contributed by atoms with Gasteiger partial charge in [-0.2, -0.15) is 0 Å². The van der Waals surface area contributed by atoms with E-state index in [0.29, 0.717) is 6.07 Å². The Morgan fingerprint density at radius 3 is 0.857 bits per heavy atom. The first kappa shape index (κ1) is 37.1. The molecule has 0 aliphatic rings. The fourth-order valence-electron chi connectivity index (χ4n) is 4.90. The minimum atomic E-state index is -1.16. The summed E-state index contributed by atoms with van der Waals surface area (Å²) < 4.78 is 27.0. The molecule has 290 valence electrons. The Hall–Kier alpha value is -8.68. The van der Waals surface area contributed by atoms with Crippen molar-refractivity contribution in [2.45, 2.75) is 0 Å². The first-order valence-corrected chi connectivity index (χ1v) is 15.2. The van der Waals surface area contributed by atoms with Crippen molar-refractivity contribution in [3.05, 3.63) is 66.7 Å². The summed E-state index contributed by atoms with van der Waals surface area (Å²) in [5, 5.41) is 153. The molecule has 0 bridgehead atoms. The number of hydrogen-bond donors (Lipinski definition) is 15. The smallest absolute Gasteiger partial charge is 0.215 e. The molecule has 6 aromatic rings. The van der Waals surface area contributed by atoms with Crippen LogP contribution in [0.3, 0.4) is 0 Å². The third-order valence-electron chi connectivity index (χ3n) is 7.41. The molecule has 0 aliphatic carbocycles. The summed E-state index contributed by atoms with van der Waals surface area (Å²) in [6.07, 6.45) is 0. The molecule has 0 spiro atoms. The van der Waals surface area contributed by atoms with Gasteiger partial charge in [-0.3, -0.25) is 0 Å². The van der Waals surface area contributed by atoms with Crippen LogP contribution in [-0.4, -0.2) is 76.6 Å². The van der Waals surface area contributed by atoms with Gasteiger partial charge in [-0.05, 0) is 0 Å². The van der Waals surface area contributed by atoms with Crippen molar-refractivity contribution in [3.63, 3.8) is 0 Å². The topological polar surface area (TPSA) is 350 Å². The second kappa shape index (κ2) is 14.0. The fraction of sp³-hybridized carbons (Fsp3) is 0. The second-order valence-corrected chi connectivity index (χ2v) is 11.4. The van der Waals surface area contributed by atoms with E-state index in [1.165, 1.54) is 0 Å². The maximum atomic E-state index is 10.8. The third kappa shape index (κ3) is 7.18. The molecule has 0 atom stereocenters. The molecule has 0 unspecified atom stereocenters. The minimum Gasteiger partial charge on any atom is -0.508 e. The Kier molecular flexibility index (Phi) is 9.30. The molecule has 0 saturated heterocycles. The molecular formula is C36H26O20. The average Bonchev–Trinajstić information content (AvgIpc) is 3.10. The van der Waals surface area contributed by atoms with Crippen molar-refractivity contribution in [3.8, 4) is 144 Å². The SMILES string of the molecule is Oc1cc(O)c(Oc2cc(O)c(Oc3cc(O)c(Oc4cc(O)c(O)c(O)c4Oc4cc(O)c(Oc5cc(O)c(O)c(O)c5)c(O)c4)c(O)c3)c(O)c2)c(O)c1. The first-order chi connectivity index (χ1) is 26.4. The third-order valence-corrected chi connectivity index (χ3v) is 7.41. The van der Waals surface area contributed by atoms with E-state index in [0.717, 1.165) is 60.7 Å². The summed E-state index contributed by atoms with van der Waals surface area (Å²) in [5.41, 5.74) is 0. The monoisotopic (exact) mass is 778 g/mol. The zero-order chi connectivity index (χ0) is 40.7. The van der Waals surface area contributed by atoms with Crippen LogP contribution < -0.4 is 23.7 Å². The van der Waals surface area contributed by atoms with Crippen LogP contribution in [0.25, 0.3) is 0 Å². The van der Waals surface area contributed by atoms with Gasteiger partial charge in [0.05, 0.1) is 0 Å². The zero-order valence-corrected chi connectivity index (χ0v) is 27.6. The van der Waals surface area contributed by atoms with Gasteiger partial charge in [-0.15, -0.1) is 0 Å². The van der Waals surface area contributed by atoms with Crippen molar-refractivity contribution in [1.29, 1.82) is 0 Å². The van der Waals surface area contributed by atoms with E-state index < -0.39 is 132 Å². The van der Waals surface area contributed by atoms with Gasteiger partial charge < -0.3 is 100 Å². The van der Waals surface area contributed by atoms with Gasteiger partial charge in [-0.1, -0.05) is 0 Å². The number of phenolic OH excluding ortho intramolecular Hbond substituents is 15. The summed E-state index contributed by atoms with van der Waals surface area (Å²) in [6, 6.07) is 9.22. The normalized spacial score (nSPS) is 10.9. The van der Waals surface area contributed by atoms with Crippen molar-refractivity contribution in [2.24, 2.45) is 0 Å². The Morgan fingerprint density at radius 1 is 0.232 bits per heavy atom. The molecule has 0 aliphatic heterocycles. The molecule has 6 rings (SSSR count).